The quantitative estimate of drug-likeness (QED) is 0.569. The number of hydrogen-bond acceptors (Lipinski definition) is 5. The Kier molecular flexibility index (Phi) is 5.50. The summed E-state index contributed by atoms with van der Waals surface area (Å²) in [5, 5.41) is 4.72. The summed E-state index contributed by atoms with van der Waals surface area (Å²) in [6.07, 6.45) is 8.04. The van der Waals surface area contributed by atoms with Crippen molar-refractivity contribution in [2.75, 3.05) is 38.7 Å². The molecule has 0 spiro atoms. The number of amides is 1. The average Bonchev–Trinajstić information content (AvgIpc) is 3.51. The Labute approximate surface area is 218 Å². The van der Waals surface area contributed by atoms with Crippen molar-refractivity contribution >= 4 is 28.3 Å². The maximum absolute atomic E-state index is 13.4. The molecule has 4 aliphatic rings. The monoisotopic (exact) mass is 497 g/mol. The second-order valence-electron chi connectivity index (χ2n) is 11.2. The van der Waals surface area contributed by atoms with E-state index in [-0.39, 0.29) is 5.91 Å². The SMILES string of the molecule is COc1ccc2cc(C3=CCc4cc(C(=O)N5CC[C@H]6CCN[C@H]6C5)ccc4N3C)n(CC3CC3)c2n1. The predicted molar refractivity (Wildman–Crippen MR) is 146 cm³/mol. The Balaban J connectivity index is 1.18. The highest BCUT2D eigenvalue weighted by Crippen LogP contribution is 2.39. The van der Waals surface area contributed by atoms with Crippen LogP contribution < -0.4 is 15.0 Å². The van der Waals surface area contributed by atoms with Gasteiger partial charge >= 0.3 is 0 Å². The number of carbonyl (C=O) groups is 1. The van der Waals surface area contributed by atoms with E-state index in [4.69, 9.17) is 9.72 Å². The third-order valence-electron chi connectivity index (χ3n) is 8.86. The second-order valence-corrected chi connectivity index (χ2v) is 11.2. The zero-order valence-electron chi connectivity index (χ0n) is 21.7. The molecule has 0 unspecified atom stereocenters. The molecule has 2 saturated heterocycles. The fourth-order valence-electron chi connectivity index (χ4n) is 6.54. The summed E-state index contributed by atoms with van der Waals surface area (Å²) in [5.41, 5.74) is 6.55. The van der Waals surface area contributed by atoms with Gasteiger partial charge in [-0.05, 0) is 86.4 Å². The van der Waals surface area contributed by atoms with Gasteiger partial charge in [0.25, 0.3) is 5.91 Å². The number of carbonyl (C=O) groups excluding carboxylic acids is 1. The molecular weight excluding hydrogens is 462 g/mol. The largest absolute Gasteiger partial charge is 0.481 e. The highest BCUT2D eigenvalue weighted by molar-refractivity contribution is 5.96. The van der Waals surface area contributed by atoms with Crippen molar-refractivity contribution in [1.29, 1.82) is 0 Å². The summed E-state index contributed by atoms with van der Waals surface area (Å²) < 4.78 is 7.81. The van der Waals surface area contributed by atoms with Gasteiger partial charge in [0, 0.05) is 55.4 Å². The van der Waals surface area contributed by atoms with Crippen LogP contribution in [0, 0.1) is 11.8 Å². The molecule has 0 bridgehead atoms. The number of nitrogens with zero attached hydrogens (tertiary/aromatic N) is 4. The van der Waals surface area contributed by atoms with E-state index in [2.05, 4.69) is 52.2 Å². The van der Waals surface area contributed by atoms with Crippen LogP contribution in [-0.2, 0) is 13.0 Å². The highest BCUT2D eigenvalue weighted by Gasteiger charge is 2.35. The molecule has 1 N–H and O–H groups in total. The maximum Gasteiger partial charge on any atom is 0.253 e. The molecule has 5 heterocycles. The first-order valence-corrected chi connectivity index (χ1v) is 13.7. The van der Waals surface area contributed by atoms with E-state index in [0.29, 0.717) is 11.9 Å². The minimum absolute atomic E-state index is 0.164. The van der Waals surface area contributed by atoms with Crippen LogP contribution in [-0.4, -0.2) is 60.2 Å². The Morgan fingerprint density at radius 3 is 2.86 bits per heavy atom. The first-order chi connectivity index (χ1) is 18.1. The van der Waals surface area contributed by atoms with Gasteiger partial charge in [0.15, 0.2) is 0 Å². The van der Waals surface area contributed by atoms with Crippen LogP contribution in [0.25, 0.3) is 16.7 Å². The number of aromatic nitrogens is 2. The van der Waals surface area contributed by atoms with E-state index >= 15 is 0 Å². The normalized spacial score (nSPS) is 23.1. The van der Waals surface area contributed by atoms with Crippen LogP contribution >= 0.6 is 0 Å². The van der Waals surface area contributed by atoms with Gasteiger partial charge in [0.05, 0.1) is 18.5 Å². The zero-order valence-corrected chi connectivity index (χ0v) is 21.7. The van der Waals surface area contributed by atoms with E-state index in [1.807, 2.05) is 17.0 Å². The Hall–Kier alpha value is -3.32. The van der Waals surface area contributed by atoms with Crippen LogP contribution in [0.1, 0.15) is 47.3 Å². The first-order valence-electron chi connectivity index (χ1n) is 13.7. The van der Waals surface area contributed by atoms with Crippen molar-refractivity contribution in [1.82, 2.24) is 19.8 Å². The number of hydrogen-bond donors (Lipinski definition) is 1. The number of piperidine rings is 1. The number of ether oxygens (including phenoxy) is 1. The fourth-order valence-corrected chi connectivity index (χ4v) is 6.54. The molecule has 2 aromatic heterocycles. The smallest absolute Gasteiger partial charge is 0.253 e. The average molecular weight is 498 g/mol. The minimum atomic E-state index is 0.164. The molecule has 37 heavy (non-hydrogen) atoms. The Bertz CT molecular complexity index is 1400. The minimum Gasteiger partial charge on any atom is -0.481 e. The summed E-state index contributed by atoms with van der Waals surface area (Å²) in [4.78, 5) is 22.5. The fraction of sp³-hybridized carbons (Fsp3) is 0.467. The Morgan fingerprint density at radius 1 is 1.14 bits per heavy atom. The van der Waals surface area contributed by atoms with Gasteiger partial charge in [-0.15, -0.1) is 0 Å². The van der Waals surface area contributed by atoms with Gasteiger partial charge in [-0.25, -0.2) is 0 Å². The molecule has 3 aliphatic heterocycles. The van der Waals surface area contributed by atoms with E-state index < -0.39 is 0 Å². The van der Waals surface area contributed by atoms with Crippen molar-refractivity contribution < 1.29 is 9.53 Å². The molecule has 2 atom stereocenters. The van der Waals surface area contributed by atoms with Gasteiger partial charge in [-0.1, -0.05) is 6.08 Å². The van der Waals surface area contributed by atoms with Crippen molar-refractivity contribution in [2.45, 2.75) is 44.7 Å². The maximum atomic E-state index is 13.4. The third kappa shape index (κ3) is 4.00. The van der Waals surface area contributed by atoms with E-state index in [1.165, 1.54) is 41.9 Å². The van der Waals surface area contributed by atoms with Crippen molar-refractivity contribution in [3.05, 3.63) is 59.3 Å². The Morgan fingerprint density at radius 2 is 2.03 bits per heavy atom. The van der Waals surface area contributed by atoms with E-state index in [9.17, 15) is 4.79 Å². The third-order valence-corrected chi connectivity index (χ3v) is 8.86. The zero-order chi connectivity index (χ0) is 25.1. The van der Waals surface area contributed by atoms with Crippen LogP contribution in [0.2, 0.25) is 0 Å². The van der Waals surface area contributed by atoms with Crippen molar-refractivity contribution in [3.8, 4) is 5.88 Å². The topological polar surface area (TPSA) is 62.6 Å². The molecule has 1 aromatic carbocycles. The molecule has 1 saturated carbocycles. The number of nitrogens with one attached hydrogen (secondary N) is 1. The molecule has 1 amide bonds. The van der Waals surface area contributed by atoms with Gasteiger partial charge in [-0.2, -0.15) is 4.98 Å². The summed E-state index contributed by atoms with van der Waals surface area (Å²) in [6, 6.07) is 13.0. The molecule has 1 aliphatic carbocycles. The highest BCUT2D eigenvalue weighted by atomic mass is 16.5. The number of rotatable bonds is 5. The van der Waals surface area contributed by atoms with Crippen LogP contribution in [0.3, 0.4) is 0 Å². The van der Waals surface area contributed by atoms with Gasteiger partial charge in [-0.3, -0.25) is 4.79 Å². The summed E-state index contributed by atoms with van der Waals surface area (Å²) in [6.45, 7) is 3.76. The molecule has 0 radical (unpaired) electrons. The molecule has 7 rings (SSSR count). The molecule has 3 aromatic rings. The molecule has 7 nitrogen and oxygen atoms in total. The lowest BCUT2D eigenvalue weighted by Crippen LogP contribution is -2.48. The van der Waals surface area contributed by atoms with Crippen LogP contribution in [0.15, 0.2) is 42.5 Å². The summed E-state index contributed by atoms with van der Waals surface area (Å²) in [5.74, 6) is 2.27. The lowest BCUT2D eigenvalue weighted by atomic mass is 9.92. The second kappa shape index (κ2) is 8.91. The van der Waals surface area contributed by atoms with Gasteiger partial charge in [0.1, 0.15) is 5.65 Å². The number of methoxy groups -OCH3 is 1. The van der Waals surface area contributed by atoms with Gasteiger partial charge in [0.2, 0.25) is 5.88 Å². The number of pyridine rings is 1. The number of allylic oxidation sites excluding steroid dienone is 1. The standard InChI is InChI=1S/C30H35N5O2/c1-33-25-8-6-23(30(36)34-14-12-20-11-13-31-24(20)18-34)15-21(25)5-9-26(33)27-16-22-7-10-28(37-2)32-29(22)35(27)17-19-3-4-19/h6-10,15-16,19-20,24,31H,3-5,11-14,17-18H2,1-2H3/t20-,24+/m1/s1. The van der Waals surface area contributed by atoms with E-state index in [1.54, 1.807) is 7.11 Å². The number of likely N-dealkylation sites (tertiary alicyclic amines) is 1. The molecule has 3 fully saturated rings. The van der Waals surface area contributed by atoms with Gasteiger partial charge < -0.3 is 24.4 Å². The first kappa shape index (κ1) is 22.8. The van der Waals surface area contributed by atoms with Crippen molar-refractivity contribution in [2.24, 2.45) is 11.8 Å². The number of benzene rings is 1. The van der Waals surface area contributed by atoms with Crippen LogP contribution in [0.5, 0.6) is 5.88 Å². The summed E-state index contributed by atoms with van der Waals surface area (Å²) >= 11 is 0. The molecule has 192 valence electrons. The lowest BCUT2D eigenvalue weighted by molar-refractivity contribution is 0.0669. The van der Waals surface area contributed by atoms with E-state index in [0.717, 1.165) is 67.5 Å². The predicted octanol–water partition coefficient (Wildman–Crippen LogP) is 4.31. The molecular formula is C30H35N5O2. The number of fused-ring (bicyclic) bond motifs is 3. The number of anilines is 1. The van der Waals surface area contributed by atoms with Crippen LogP contribution in [0.4, 0.5) is 5.69 Å². The lowest BCUT2D eigenvalue weighted by Gasteiger charge is -2.35. The summed E-state index contributed by atoms with van der Waals surface area (Å²) in [7, 11) is 3.80. The van der Waals surface area contributed by atoms with Crippen molar-refractivity contribution in [3.63, 3.8) is 0 Å². The molecule has 7 heteroatoms.